The standard InChI is InChI=1S/C14H16Cl2N4O2/c1-9(14(21)22)6-19(2)7-11-8-20(18-17-11)13-4-3-10(15)5-12(13)16/h3-5,8-9H,6-7H2,1-2H3,(H,21,22). The van der Waals surface area contributed by atoms with Crippen molar-refractivity contribution in [1.29, 1.82) is 0 Å². The maximum Gasteiger partial charge on any atom is 0.307 e. The smallest absolute Gasteiger partial charge is 0.307 e. The number of benzene rings is 1. The molecule has 1 unspecified atom stereocenters. The van der Waals surface area contributed by atoms with Crippen LogP contribution in [0.1, 0.15) is 12.6 Å². The van der Waals surface area contributed by atoms with Gasteiger partial charge in [0.1, 0.15) is 0 Å². The molecule has 0 aliphatic heterocycles. The molecule has 0 aliphatic rings. The van der Waals surface area contributed by atoms with Crippen LogP contribution in [-0.4, -0.2) is 44.6 Å². The second-order valence-corrected chi connectivity index (χ2v) is 6.03. The summed E-state index contributed by atoms with van der Waals surface area (Å²) in [7, 11) is 1.84. The van der Waals surface area contributed by atoms with Crippen molar-refractivity contribution in [2.75, 3.05) is 13.6 Å². The van der Waals surface area contributed by atoms with Gasteiger partial charge in [0.15, 0.2) is 0 Å². The fourth-order valence-electron chi connectivity index (χ4n) is 2.04. The molecule has 2 aromatic rings. The summed E-state index contributed by atoms with van der Waals surface area (Å²) in [6.45, 7) is 2.61. The molecule has 1 aromatic carbocycles. The van der Waals surface area contributed by atoms with Gasteiger partial charge in [0.05, 0.1) is 28.5 Å². The van der Waals surface area contributed by atoms with Gasteiger partial charge < -0.3 is 5.11 Å². The summed E-state index contributed by atoms with van der Waals surface area (Å²) in [6, 6.07) is 5.13. The average Bonchev–Trinajstić information content (AvgIpc) is 2.86. The molecule has 0 saturated carbocycles. The van der Waals surface area contributed by atoms with E-state index < -0.39 is 11.9 Å². The quantitative estimate of drug-likeness (QED) is 0.873. The van der Waals surface area contributed by atoms with Crippen molar-refractivity contribution in [3.63, 3.8) is 0 Å². The number of aromatic nitrogens is 3. The number of carbonyl (C=O) groups is 1. The Bertz CT molecular complexity index is 675. The zero-order chi connectivity index (χ0) is 16.3. The fraction of sp³-hybridized carbons (Fsp3) is 0.357. The van der Waals surface area contributed by atoms with Crippen molar-refractivity contribution in [2.45, 2.75) is 13.5 Å². The molecule has 0 amide bonds. The van der Waals surface area contributed by atoms with Gasteiger partial charge in [-0.05, 0) is 25.2 Å². The third kappa shape index (κ3) is 4.19. The van der Waals surface area contributed by atoms with E-state index in [0.29, 0.717) is 28.8 Å². The molecule has 0 saturated heterocycles. The van der Waals surface area contributed by atoms with Gasteiger partial charge in [0.25, 0.3) is 0 Å². The van der Waals surface area contributed by atoms with Crippen LogP contribution in [0.2, 0.25) is 10.0 Å². The Morgan fingerprint density at radius 3 is 2.82 bits per heavy atom. The molecule has 22 heavy (non-hydrogen) atoms. The lowest BCUT2D eigenvalue weighted by Gasteiger charge is -2.17. The summed E-state index contributed by atoms with van der Waals surface area (Å²) >= 11 is 12.0. The topological polar surface area (TPSA) is 71.2 Å². The first-order chi connectivity index (χ1) is 10.4. The van der Waals surface area contributed by atoms with Crippen molar-refractivity contribution in [2.24, 2.45) is 5.92 Å². The van der Waals surface area contributed by atoms with E-state index in [1.165, 1.54) is 0 Å². The highest BCUT2D eigenvalue weighted by Crippen LogP contribution is 2.23. The summed E-state index contributed by atoms with van der Waals surface area (Å²) in [6.07, 6.45) is 1.76. The maximum absolute atomic E-state index is 10.9. The van der Waals surface area contributed by atoms with Crippen LogP contribution in [0.4, 0.5) is 0 Å². The van der Waals surface area contributed by atoms with Gasteiger partial charge in [-0.15, -0.1) is 5.10 Å². The average molecular weight is 343 g/mol. The molecule has 8 heteroatoms. The molecule has 1 N–H and O–H groups in total. The Hall–Kier alpha value is -1.63. The normalized spacial score (nSPS) is 12.6. The van der Waals surface area contributed by atoms with Crippen molar-refractivity contribution in [3.8, 4) is 5.69 Å². The number of halogens is 2. The fourth-order valence-corrected chi connectivity index (χ4v) is 2.54. The van der Waals surface area contributed by atoms with Crippen LogP contribution < -0.4 is 0 Å². The van der Waals surface area contributed by atoms with Gasteiger partial charge in [0, 0.05) is 18.1 Å². The number of aliphatic carboxylic acids is 1. The first-order valence-corrected chi connectivity index (χ1v) is 7.40. The molecule has 118 valence electrons. The summed E-state index contributed by atoms with van der Waals surface area (Å²) < 4.78 is 1.57. The predicted molar refractivity (Wildman–Crippen MR) is 84.5 cm³/mol. The van der Waals surface area contributed by atoms with Gasteiger partial charge in [-0.3, -0.25) is 9.69 Å². The molecular weight excluding hydrogens is 327 g/mol. The molecule has 1 aromatic heterocycles. The molecule has 0 radical (unpaired) electrons. The Morgan fingerprint density at radius 1 is 1.45 bits per heavy atom. The van der Waals surface area contributed by atoms with Crippen LogP contribution in [0.25, 0.3) is 5.69 Å². The van der Waals surface area contributed by atoms with E-state index in [0.717, 1.165) is 5.69 Å². The summed E-state index contributed by atoms with van der Waals surface area (Å²) in [5.74, 6) is -1.26. The van der Waals surface area contributed by atoms with E-state index >= 15 is 0 Å². The Balaban J connectivity index is 2.07. The predicted octanol–water partition coefficient (Wildman–Crippen LogP) is 2.73. The maximum atomic E-state index is 10.9. The highest BCUT2D eigenvalue weighted by atomic mass is 35.5. The van der Waals surface area contributed by atoms with Crippen molar-refractivity contribution in [3.05, 3.63) is 40.1 Å². The highest BCUT2D eigenvalue weighted by Gasteiger charge is 2.15. The highest BCUT2D eigenvalue weighted by molar-refractivity contribution is 6.35. The lowest BCUT2D eigenvalue weighted by atomic mass is 10.2. The van der Waals surface area contributed by atoms with Gasteiger partial charge in [-0.1, -0.05) is 35.3 Å². The van der Waals surface area contributed by atoms with Crippen LogP contribution in [0, 0.1) is 5.92 Å². The monoisotopic (exact) mass is 342 g/mol. The third-order valence-corrected chi connectivity index (χ3v) is 3.67. The molecule has 1 atom stereocenters. The zero-order valence-electron chi connectivity index (χ0n) is 12.2. The molecule has 0 aliphatic carbocycles. The van der Waals surface area contributed by atoms with E-state index in [-0.39, 0.29) is 0 Å². The van der Waals surface area contributed by atoms with Crippen LogP contribution in [-0.2, 0) is 11.3 Å². The molecule has 0 spiro atoms. The minimum absolute atomic E-state index is 0.434. The molecule has 0 fully saturated rings. The van der Waals surface area contributed by atoms with Gasteiger partial charge >= 0.3 is 5.97 Å². The Kier molecular flexibility index (Phi) is 5.39. The summed E-state index contributed by atoms with van der Waals surface area (Å²) in [5.41, 5.74) is 1.41. The molecule has 1 heterocycles. The summed E-state index contributed by atoms with van der Waals surface area (Å²) in [4.78, 5) is 12.7. The van der Waals surface area contributed by atoms with Crippen molar-refractivity contribution < 1.29 is 9.90 Å². The van der Waals surface area contributed by atoms with E-state index in [4.69, 9.17) is 28.3 Å². The number of hydrogen-bond donors (Lipinski definition) is 1. The molecule has 0 bridgehead atoms. The second kappa shape index (κ2) is 7.09. The van der Waals surface area contributed by atoms with Crippen LogP contribution in [0.15, 0.2) is 24.4 Å². The minimum atomic E-state index is -0.816. The van der Waals surface area contributed by atoms with Crippen LogP contribution in [0.5, 0.6) is 0 Å². The first kappa shape index (κ1) is 16.7. The SMILES string of the molecule is CC(CN(C)Cc1cn(-c2ccc(Cl)cc2Cl)nn1)C(=O)O. The second-order valence-electron chi connectivity index (χ2n) is 5.19. The number of hydrogen-bond acceptors (Lipinski definition) is 4. The minimum Gasteiger partial charge on any atom is -0.481 e. The third-order valence-electron chi connectivity index (χ3n) is 3.14. The first-order valence-electron chi connectivity index (χ1n) is 6.65. The number of carboxylic acid groups (broad SMARTS) is 1. The van der Waals surface area contributed by atoms with Crippen LogP contribution in [0.3, 0.4) is 0 Å². The number of rotatable bonds is 6. The molecular formula is C14H16Cl2N4O2. The molecule has 6 nitrogen and oxygen atoms in total. The Morgan fingerprint density at radius 2 is 2.18 bits per heavy atom. The van der Waals surface area contributed by atoms with E-state index in [2.05, 4.69) is 10.3 Å². The van der Waals surface area contributed by atoms with Gasteiger partial charge in [0.2, 0.25) is 0 Å². The van der Waals surface area contributed by atoms with E-state index in [9.17, 15) is 4.79 Å². The summed E-state index contributed by atoms with van der Waals surface area (Å²) in [5, 5.41) is 18.1. The largest absolute Gasteiger partial charge is 0.481 e. The lowest BCUT2D eigenvalue weighted by Crippen LogP contribution is -2.28. The van der Waals surface area contributed by atoms with Gasteiger partial charge in [-0.25, -0.2) is 4.68 Å². The number of carboxylic acids is 1. The Labute approximate surface area is 138 Å². The lowest BCUT2D eigenvalue weighted by molar-refractivity contribution is -0.141. The van der Waals surface area contributed by atoms with E-state index in [1.54, 1.807) is 36.0 Å². The van der Waals surface area contributed by atoms with Crippen molar-refractivity contribution in [1.82, 2.24) is 19.9 Å². The van der Waals surface area contributed by atoms with Crippen molar-refractivity contribution >= 4 is 29.2 Å². The zero-order valence-corrected chi connectivity index (χ0v) is 13.7. The molecule has 2 rings (SSSR count). The number of nitrogens with zero attached hydrogens (tertiary/aromatic N) is 4. The van der Waals surface area contributed by atoms with E-state index in [1.807, 2.05) is 11.9 Å². The van der Waals surface area contributed by atoms with Crippen LogP contribution >= 0.6 is 23.2 Å². The van der Waals surface area contributed by atoms with Gasteiger partial charge in [-0.2, -0.15) is 0 Å².